The number of rotatable bonds is 5. The van der Waals surface area contributed by atoms with Crippen molar-refractivity contribution in [3.8, 4) is 0 Å². The molecule has 0 radical (unpaired) electrons. The number of allylic oxidation sites excluding steroid dienone is 8. The first-order valence-electron chi connectivity index (χ1n) is 7.62. The average molecular weight is 402 g/mol. The first-order chi connectivity index (χ1) is 9.07. The molecule has 0 aromatic heterocycles. The van der Waals surface area contributed by atoms with Gasteiger partial charge in [0.15, 0.2) is 0 Å². The smallest absolute Gasteiger partial charge is 1.00 e. The Kier molecular flexibility index (Phi) is 6.80. The van der Waals surface area contributed by atoms with Gasteiger partial charge in [-0.05, 0) is 0 Å². The van der Waals surface area contributed by atoms with E-state index in [1.54, 1.807) is 52.6 Å². The van der Waals surface area contributed by atoms with Crippen LogP contribution in [0.15, 0.2) is 46.1 Å². The molecule has 2 atom stereocenters. The summed E-state index contributed by atoms with van der Waals surface area (Å²) in [5.74, 6) is 0.833. The molecule has 3 heteroatoms. The fourth-order valence-electron chi connectivity index (χ4n) is 4.25. The van der Waals surface area contributed by atoms with Crippen LogP contribution in [0, 0.1) is 5.92 Å². The number of halogens is 2. The summed E-state index contributed by atoms with van der Waals surface area (Å²) in [6.07, 6.45) is 13.3. The Morgan fingerprint density at radius 1 is 1.29 bits per heavy atom. The summed E-state index contributed by atoms with van der Waals surface area (Å²) in [6, 6.07) is 0. The van der Waals surface area contributed by atoms with Crippen LogP contribution in [0.2, 0.25) is 3.12 Å². The molecule has 21 heavy (non-hydrogen) atoms. The Morgan fingerprint density at radius 2 is 2.00 bits per heavy atom. The van der Waals surface area contributed by atoms with Gasteiger partial charge in [-0.2, -0.15) is 0 Å². The Bertz CT molecular complexity index is 535. The molecule has 4 aliphatic carbocycles. The molecule has 0 fully saturated rings. The molecule has 0 amide bonds. The normalized spacial score (nSPS) is 29.2. The number of hydrogen-bond donors (Lipinski definition) is 0. The zero-order valence-corrected chi connectivity index (χ0v) is 17.1. The number of hydrogen-bond acceptors (Lipinski definition) is 0. The van der Waals surface area contributed by atoms with Crippen LogP contribution < -0.4 is 24.8 Å². The molecule has 0 N–H and O–H groups in total. The van der Waals surface area contributed by atoms with Crippen LogP contribution in [-0.4, -0.2) is 0 Å². The predicted octanol–water partition coefficient (Wildman–Crippen LogP) is -0.557. The molecule has 2 bridgehead atoms. The predicted molar refractivity (Wildman–Crippen MR) is 77.6 cm³/mol. The van der Waals surface area contributed by atoms with Crippen LogP contribution in [0.3, 0.4) is 0 Å². The Hall–Kier alpha value is 0.423. The standard InChI is InChI=1S/C18H23.2ClH.Zr/c1-4-7-16-17-12(2)15(18(16)13(17)3)11-10-14-8-5-6-9-14;;;/h5-6,8,16H,4,7,9-11H2,1-3H3;2*1H;/q;;;+2/p-2. The zero-order chi connectivity index (χ0) is 13.6. The van der Waals surface area contributed by atoms with Gasteiger partial charge in [-0.3, -0.25) is 0 Å². The molecule has 4 aliphatic rings. The third-order valence-electron chi connectivity index (χ3n) is 5.09. The van der Waals surface area contributed by atoms with Gasteiger partial charge in [-0.1, -0.05) is 0 Å². The van der Waals surface area contributed by atoms with Crippen molar-refractivity contribution in [3.63, 3.8) is 0 Å². The molecule has 0 heterocycles. The topological polar surface area (TPSA) is 0 Å². The summed E-state index contributed by atoms with van der Waals surface area (Å²) in [6.45, 7) is 7.18. The summed E-state index contributed by atoms with van der Waals surface area (Å²) in [4.78, 5) is 0. The Balaban J connectivity index is 0.00000110. The van der Waals surface area contributed by atoms with Crippen LogP contribution in [-0.2, 0) is 24.7 Å². The minimum atomic E-state index is 0. The van der Waals surface area contributed by atoms with Crippen molar-refractivity contribution in [1.82, 2.24) is 0 Å². The van der Waals surface area contributed by atoms with E-state index >= 15 is 0 Å². The van der Waals surface area contributed by atoms with Crippen molar-refractivity contribution in [1.29, 1.82) is 0 Å². The minimum Gasteiger partial charge on any atom is -1.00 e. The maximum absolute atomic E-state index is 2.49. The van der Waals surface area contributed by atoms with Gasteiger partial charge in [0, 0.05) is 0 Å². The van der Waals surface area contributed by atoms with Crippen LogP contribution >= 0.6 is 0 Å². The second-order valence-electron chi connectivity index (χ2n) is 6.35. The third-order valence-corrected chi connectivity index (χ3v) is 6.50. The molecule has 2 unspecified atom stereocenters. The first-order valence-corrected chi connectivity index (χ1v) is 8.85. The monoisotopic (exact) mass is 399 g/mol. The van der Waals surface area contributed by atoms with E-state index < -0.39 is 0 Å². The van der Waals surface area contributed by atoms with Gasteiger partial charge in [-0.15, -0.1) is 0 Å². The van der Waals surface area contributed by atoms with Crippen LogP contribution in [0.25, 0.3) is 0 Å². The fraction of sp³-hybridized carbons (Fsp3) is 0.556. The number of fused-ring (bicyclic) bond motifs is 1. The summed E-state index contributed by atoms with van der Waals surface area (Å²) < 4.78 is 0.443. The molecular weight excluding hydrogens is 378 g/mol. The van der Waals surface area contributed by atoms with E-state index in [2.05, 4.69) is 39.0 Å². The van der Waals surface area contributed by atoms with Crippen molar-refractivity contribution in [2.24, 2.45) is 5.92 Å². The minimum absolute atomic E-state index is 0. The molecule has 0 aromatic carbocycles. The van der Waals surface area contributed by atoms with Gasteiger partial charge in [-0.25, -0.2) is 0 Å². The van der Waals surface area contributed by atoms with E-state index in [0.29, 0.717) is 3.12 Å². The summed E-state index contributed by atoms with van der Waals surface area (Å²) >= 11 is 1.69. The fourth-order valence-corrected chi connectivity index (χ4v) is 5.78. The Labute approximate surface area is 156 Å². The van der Waals surface area contributed by atoms with Crippen LogP contribution in [0.4, 0.5) is 0 Å². The van der Waals surface area contributed by atoms with Gasteiger partial charge in [0.1, 0.15) is 0 Å². The first kappa shape index (κ1) is 19.5. The second-order valence-corrected chi connectivity index (χ2v) is 8.81. The van der Waals surface area contributed by atoms with E-state index in [-0.39, 0.29) is 24.8 Å². The zero-order valence-electron chi connectivity index (χ0n) is 13.1. The van der Waals surface area contributed by atoms with Gasteiger partial charge < -0.3 is 24.8 Å². The molecule has 0 aliphatic heterocycles. The molecule has 0 saturated heterocycles. The molecule has 4 rings (SSSR count). The van der Waals surface area contributed by atoms with E-state index in [1.165, 1.54) is 32.1 Å². The van der Waals surface area contributed by atoms with Crippen molar-refractivity contribution >= 4 is 0 Å². The van der Waals surface area contributed by atoms with Crippen molar-refractivity contribution in [2.45, 2.75) is 56.0 Å². The van der Waals surface area contributed by atoms with Crippen LogP contribution in [0.1, 0.15) is 52.9 Å². The van der Waals surface area contributed by atoms with E-state index in [4.69, 9.17) is 0 Å². The maximum Gasteiger partial charge on any atom is -1.00 e. The van der Waals surface area contributed by atoms with Gasteiger partial charge in [0.05, 0.1) is 0 Å². The third kappa shape index (κ3) is 3.08. The quantitative estimate of drug-likeness (QED) is 0.580. The van der Waals surface area contributed by atoms with E-state index in [9.17, 15) is 0 Å². The molecule has 0 spiro atoms. The second kappa shape index (κ2) is 7.33. The summed E-state index contributed by atoms with van der Waals surface area (Å²) in [5, 5.41) is 0. The van der Waals surface area contributed by atoms with Crippen molar-refractivity contribution < 1.29 is 49.5 Å². The van der Waals surface area contributed by atoms with Gasteiger partial charge in [0.2, 0.25) is 0 Å². The Morgan fingerprint density at radius 3 is 2.57 bits per heavy atom. The molecule has 0 nitrogen and oxygen atoms in total. The largest absolute Gasteiger partial charge is 1.00 e. The average Bonchev–Trinajstić information content (AvgIpc) is 2.97. The molecular formula is C18H23Cl2Zr. The summed E-state index contributed by atoms with van der Waals surface area (Å²) in [7, 11) is 0. The van der Waals surface area contributed by atoms with E-state index in [1.807, 2.05) is 0 Å². The summed E-state index contributed by atoms with van der Waals surface area (Å²) in [5.41, 5.74) is 8.65. The van der Waals surface area contributed by atoms with Crippen LogP contribution in [0.5, 0.6) is 0 Å². The molecule has 113 valence electrons. The maximum atomic E-state index is 2.49. The SMILES string of the molecule is CCCC1C2=C(CCC3=CC=CC3)[C](C)([Zr+2])C1=C2C.[Cl-].[Cl-]. The van der Waals surface area contributed by atoms with Crippen molar-refractivity contribution in [2.75, 3.05) is 0 Å². The van der Waals surface area contributed by atoms with E-state index in [0.717, 1.165) is 5.92 Å². The molecule has 0 saturated carbocycles. The van der Waals surface area contributed by atoms with Gasteiger partial charge in [0.25, 0.3) is 0 Å². The van der Waals surface area contributed by atoms with Gasteiger partial charge >= 0.3 is 133 Å². The van der Waals surface area contributed by atoms with Crippen molar-refractivity contribution in [3.05, 3.63) is 46.1 Å². The molecule has 0 aromatic rings.